The molecule has 2 heteroatoms. The van der Waals surface area contributed by atoms with Gasteiger partial charge in [0, 0.05) is 12.0 Å². The first-order valence-corrected chi connectivity index (χ1v) is 6.64. The van der Waals surface area contributed by atoms with E-state index in [9.17, 15) is 4.79 Å². The summed E-state index contributed by atoms with van der Waals surface area (Å²) in [5.74, 6) is 1.92. The fourth-order valence-corrected chi connectivity index (χ4v) is 3.38. The highest BCUT2D eigenvalue weighted by molar-refractivity contribution is 5.81. The number of carbonyl (C=O) groups excluding carboxylic acids is 1. The molecule has 2 fully saturated rings. The third-order valence-corrected chi connectivity index (χ3v) is 4.38. The van der Waals surface area contributed by atoms with Crippen LogP contribution in [0.15, 0.2) is 25.3 Å². The Bertz CT molecular complexity index is 324. The van der Waals surface area contributed by atoms with E-state index in [2.05, 4.69) is 20.1 Å². The Morgan fingerprint density at radius 1 is 1.35 bits per heavy atom. The molecule has 0 spiro atoms. The number of rotatable bonds is 6. The first-order valence-electron chi connectivity index (χ1n) is 6.64. The van der Waals surface area contributed by atoms with Gasteiger partial charge >= 0.3 is 5.97 Å². The van der Waals surface area contributed by atoms with Gasteiger partial charge in [0.1, 0.15) is 5.60 Å². The second-order valence-electron chi connectivity index (χ2n) is 5.46. The molecule has 0 aliphatic heterocycles. The minimum Gasteiger partial charge on any atom is -0.451 e. The third kappa shape index (κ3) is 2.31. The zero-order valence-corrected chi connectivity index (χ0v) is 10.7. The molecule has 0 saturated heterocycles. The molecule has 94 valence electrons. The van der Waals surface area contributed by atoms with Crippen molar-refractivity contribution in [3.63, 3.8) is 0 Å². The minimum atomic E-state index is -0.451. The Morgan fingerprint density at radius 3 is 2.47 bits per heavy atom. The first-order chi connectivity index (χ1) is 8.15. The summed E-state index contributed by atoms with van der Waals surface area (Å²) in [6.07, 6.45) is 8.76. The summed E-state index contributed by atoms with van der Waals surface area (Å²) in [6, 6.07) is 0. The summed E-state index contributed by atoms with van der Waals surface area (Å²) >= 11 is 0. The van der Waals surface area contributed by atoms with Crippen molar-refractivity contribution in [3.8, 4) is 0 Å². The molecule has 0 radical (unpaired) electrons. The van der Waals surface area contributed by atoms with Crippen molar-refractivity contribution in [2.45, 2.75) is 44.6 Å². The largest absolute Gasteiger partial charge is 0.451 e. The van der Waals surface area contributed by atoms with Crippen LogP contribution in [-0.2, 0) is 9.53 Å². The van der Waals surface area contributed by atoms with Gasteiger partial charge in [0.25, 0.3) is 0 Å². The van der Waals surface area contributed by atoms with Crippen LogP contribution in [0.3, 0.4) is 0 Å². The molecular formula is C15H22O2. The van der Waals surface area contributed by atoms with Crippen LogP contribution in [0.5, 0.6) is 0 Å². The van der Waals surface area contributed by atoms with Gasteiger partial charge in [-0.1, -0.05) is 26.5 Å². The molecule has 0 aromatic carbocycles. The Morgan fingerprint density at radius 2 is 2.00 bits per heavy atom. The molecule has 0 aromatic rings. The van der Waals surface area contributed by atoms with Crippen molar-refractivity contribution in [3.05, 3.63) is 25.3 Å². The van der Waals surface area contributed by atoms with Gasteiger partial charge in [-0.05, 0) is 43.6 Å². The minimum absolute atomic E-state index is 0.320. The maximum Gasteiger partial charge on any atom is 0.331 e. The first kappa shape index (κ1) is 12.4. The highest BCUT2D eigenvalue weighted by atomic mass is 16.6. The molecule has 0 heterocycles. The predicted octanol–water partition coefficient (Wildman–Crippen LogP) is 3.49. The van der Waals surface area contributed by atoms with Gasteiger partial charge in [0.05, 0.1) is 0 Å². The Balaban J connectivity index is 2.12. The fourth-order valence-electron chi connectivity index (χ4n) is 3.38. The number of fused-ring (bicyclic) bond motifs is 1. The monoisotopic (exact) mass is 234 g/mol. The lowest BCUT2D eigenvalue weighted by Crippen LogP contribution is -2.40. The van der Waals surface area contributed by atoms with Gasteiger partial charge in [-0.15, -0.1) is 0 Å². The van der Waals surface area contributed by atoms with Gasteiger partial charge in [-0.2, -0.15) is 0 Å². The lowest BCUT2D eigenvalue weighted by Gasteiger charge is -2.36. The summed E-state index contributed by atoms with van der Waals surface area (Å²) in [7, 11) is 0. The number of hydrogen-bond acceptors (Lipinski definition) is 2. The molecule has 2 aliphatic rings. The van der Waals surface area contributed by atoms with E-state index in [1.807, 2.05) is 6.08 Å². The summed E-state index contributed by atoms with van der Waals surface area (Å²) in [6.45, 7) is 9.51. The zero-order chi connectivity index (χ0) is 12.5. The average Bonchev–Trinajstić information content (AvgIpc) is 2.95. The van der Waals surface area contributed by atoms with Crippen LogP contribution in [0.25, 0.3) is 0 Å². The number of esters is 1. The maximum absolute atomic E-state index is 11.5. The normalized spacial score (nSPS) is 33.4. The van der Waals surface area contributed by atoms with Gasteiger partial charge in [0.2, 0.25) is 0 Å². The highest BCUT2D eigenvalue weighted by Crippen LogP contribution is 2.58. The van der Waals surface area contributed by atoms with Crippen molar-refractivity contribution in [2.75, 3.05) is 0 Å². The van der Waals surface area contributed by atoms with E-state index in [1.54, 1.807) is 0 Å². The van der Waals surface area contributed by atoms with Gasteiger partial charge in [-0.25, -0.2) is 4.79 Å². The van der Waals surface area contributed by atoms with Crippen LogP contribution >= 0.6 is 0 Å². The van der Waals surface area contributed by atoms with E-state index < -0.39 is 5.60 Å². The smallest absolute Gasteiger partial charge is 0.331 e. The molecule has 3 atom stereocenters. The quantitative estimate of drug-likeness (QED) is 0.399. The summed E-state index contributed by atoms with van der Waals surface area (Å²) in [4.78, 5) is 11.5. The molecule has 17 heavy (non-hydrogen) atoms. The third-order valence-electron chi connectivity index (χ3n) is 4.38. The van der Waals surface area contributed by atoms with E-state index >= 15 is 0 Å². The van der Waals surface area contributed by atoms with Crippen LogP contribution in [0, 0.1) is 17.8 Å². The van der Waals surface area contributed by atoms with Crippen LogP contribution in [0.2, 0.25) is 0 Å². The topological polar surface area (TPSA) is 26.3 Å². The predicted molar refractivity (Wildman–Crippen MR) is 68.4 cm³/mol. The van der Waals surface area contributed by atoms with Crippen molar-refractivity contribution >= 4 is 5.97 Å². The number of hydrogen-bond donors (Lipinski definition) is 0. The van der Waals surface area contributed by atoms with Crippen molar-refractivity contribution in [1.82, 2.24) is 0 Å². The molecular weight excluding hydrogens is 212 g/mol. The summed E-state index contributed by atoms with van der Waals surface area (Å²) < 4.78 is 5.65. The van der Waals surface area contributed by atoms with E-state index in [0.717, 1.165) is 24.7 Å². The molecule has 0 bridgehead atoms. The Hall–Kier alpha value is -1.05. The SMILES string of the molecule is C=CC(=O)OC(C=C)(CCC)C1CC2CC2C1. The summed E-state index contributed by atoms with van der Waals surface area (Å²) in [5.41, 5.74) is -0.451. The van der Waals surface area contributed by atoms with E-state index in [1.165, 1.54) is 25.3 Å². The van der Waals surface area contributed by atoms with Crippen LogP contribution in [-0.4, -0.2) is 11.6 Å². The molecule has 2 aliphatic carbocycles. The second kappa shape index (κ2) is 4.67. The van der Waals surface area contributed by atoms with E-state index in [-0.39, 0.29) is 5.97 Å². The lowest BCUT2D eigenvalue weighted by molar-refractivity contribution is -0.154. The lowest BCUT2D eigenvalue weighted by atomic mass is 9.80. The molecule has 0 aromatic heterocycles. The molecule has 0 N–H and O–H groups in total. The van der Waals surface area contributed by atoms with Gasteiger partial charge in [-0.3, -0.25) is 0 Å². The zero-order valence-electron chi connectivity index (χ0n) is 10.7. The standard InChI is InChI=1S/C15H22O2/c1-4-7-15(6-3,17-14(16)5-2)13-9-11-8-12(11)10-13/h5-6,11-13H,2-4,7-10H2,1H3. The van der Waals surface area contributed by atoms with Crippen molar-refractivity contribution in [2.24, 2.45) is 17.8 Å². The molecule has 2 nitrogen and oxygen atoms in total. The van der Waals surface area contributed by atoms with Crippen molar-refractivity contribution in [1.29, 1.82) is 0 Å². The Kier molecular flexibility index (Phi) is 3.41. The molecule has 0 amide bonds. The highest BCUT2D eigenvalue weighted by Gasteiger charge is 2.53. The fraction of sp³-hybridized carbons (Fsp3) is 0.667. The van der Waals surface area contributed by atoms with Crippen LogP contribution in [0.1, 0.15) is 39.0 Å². The van der Waals surface area contributed by atoms with Crippen LogP contribution < -0.4 is 0 Å². The van der Waals surface area contributed by atoms with E-state index in [0.29, 0.717) is 5.92 Å². The Labute approximate surface area is 104 Å². The number of ether oxygens (including phenoxy) is 1. The second-order valence-corrected chi connectivity index (χ2v) is 5.46. The van der Waals surface area contributed by atoms with Crippen molar-refractivity contribution < 1.29 is 9.53 Å². The van der Waals surface area contributed by atoms with E-state index in [4.69, 9.17) is 4.74 Å². The number of carbonyl (C=O) groups is 1. The molecule has 2 rings (SSSR count). The molecule has 2 saturated carbocycles. The van der Waals surface area contributed by atoms with Crippen LogP contribution in [0.4, 0.5) is 0 Å². The van der Waals surface area contributed by atoms with Gasteiger partial charge in [0.15, 0.2) is 0 Å². The average molecular weight is 234 g/mol. The summed E-state index contributed by atoms with van der Waals surface area (Å²) in [5, 5.41) is 0. The van der Waals surface area contributed by atoms with Gasteiger partial charge < -0.3 is 4.74 Å². The molecule has 3 unspecified atom stereocenters. The maximum atomic E-state index is 11.5.